The van der Waals surface area contributed by atoms with E-state index in [1.807, 2.05) is 0 Å². The number of nitrogens with one attached hydrogen (secondary N) is 2. The summed E-state index contributed by atoms with van der Waals surface area (Å²) in [5.74, 6) is -0.254. The number of methoxy groups -OCH3 is 1. The number of carbonyl (C=O) groups is 1. The van der Waals surface area contributed by atoms with Crippen molar-refractivity contribution in [2.24, 2.45) is 0 Å². The summed E-state index contributed by atoms with van der Waals surface area (Å²) < 4.78 is 5.54. The number of H-pyrrole nitrogens is 1. The van der Waals surface area contributed by atoms with Crippen LogP contribution in [-0.4, -0.2) is 42.4 Å². The van der Waals surface area contributed by atoms with E-state index in [0.717, 1.165) is 4.47 Å². The van der Waals surface area contributed by atoms with Gasteiger partial charge in [0.15, 0.2) is 0 Å². The third-order valence-corrected chi connectivity index (χ3v) is 2.21. The molecule has 1 amide bonds. The molecule has 0 aliphatic heterocycles. The number of aliphatic hydroxyl groups excluding tert-OH is 1. The van der Waals surface area contributed by atoms with Crippen LogP contribution in [0.3, 0.4) is 0 Å². The fourth-order valence-corrected chi connectivity index (χ4v) is 1.40. The summed E-state index contributed by atoms with van der Waals surface area (Å²) >= 11 is 3.22. The number of aromatic nitrogens is 1. The third kappa shape index (κ3) is 4.03. The van der Waals surface area contributed by atoms with Crippen LogP contribution >= 0.6 is 15.9 Å². The summed E-state index contributed by atoms with van der Waals surface area (Å²) in [4.78, 5) is 14.2. The summed E-state index contributed by atoms with van der Waals surface area (Å²) in [7, 11) is 1.49. The first-order valence-electron chi connectivity index (χ1n) is 4.42. The molecule has 1 aromatic heterocycles. The number of aliphatic hydroxyl groups is 1. The molecule has 3 N–H and O–H groups in total. The van der Waals surface area contributed by atoms with Crippen molar-refractivity contribution in [1.29, 1.82) is 0 Å². The van der Waals surface area contributed by atoms with Gasteiger partial charge < -0.3 is 20.1 Å². The lowest BCUT2D eigenvalue weighted by Gasteiger charge is -2.09. The first-order valence-corrected chi connectivity index (χ1v) is 5.22. The normalized spacial score (nSPS) is 12.5. The average molecular weight is 277 g/mol. The highest BCUT2D eigenvalue weighted by molar-refractivity contribution is 9.10. The maximum Gasteiger partial charge on any atom is 0.267 e. The number of rotatable bonds is 5. The Kier molecular flexibility index (Phi) is 4.80. The SMILES string of the molecule is COCC(O)CNC(=O)c1cc(Br)c[nH]1. The van der Waals surface area contributed by atoms with Gasteiger partial charge in [-0.05, 0) is 22.0 Å². The lowest BCUT2D eigenvalue weighted by molar-refractivity contribution is 0.0609. The van der Waals surface area contributed by atoms with Crippen LogP contribution in [0, 0.1) is 0 Å². The standard InChI is InChI=1S/C9H13BrN2O3/c1-15-5-7(13)4-12-9(14)8-2-6(10)3-11-8/h2-3,7,11,13H,4-5H2,1H3,(H,12,14). The molecule has 0 saturated heterocycles. The number of carbonyl (C=O) groups excluding carboxylic acids is 1. The van der Waals surface area contributed by atoms with Crippen LogP contribution in [-0.2, 0) is 4.74 Å². The van der Waals surface area contributed by atoms with Gasteiger partial charge in [0.05, 0.1) is 12.7 Å². The number of halogens is 1. The largest absolute Gasteiger partial charge is 0.389 e. The molecule has 0 spiro atoms. The minimum atomic E-state index is -0.683. The number of aromatic amines is 1. The van der Waals surface area contributed by atoms with Crippen LogP contribution in [0.25, 0.3) is 0 Å². The van der Waals surface area contributed by atoms with E-state index in [9.17, 15) is 9.90 Å². The number of amides is 1. The fourth-order valence-electron chi connectivity index (χ4n) is 1.06. The van der Waals surface area contributed by atoms with E-state index in [-0.39, 0.29) is 19.1 Å². The highest BCUT2D eigenvalue weighted by Crippen LogP contribution is 2.10. The van der Waals surface area contributed by atoms with Gasteiger partial charge in [0, 0.05) is 24.3 Å². The average Bonchev–Trinajstić information content (AvgIpc) is 2.62. The third-order valence-electron chi connectivity index (χ3n) is 1.75. The summed E-state index contributed by atoms with van der Waals surface area (Å²) in [6, 6.07) is 1.66. The van der Waals surface area contributed by atoms with E-state index >= 15 is 0 Å². The highest BCUT2D eigenvalue weighted by atomic mass is 79.9. The number of hydrogen-bond acceptors (Lipinski definition) is 3. The lowest BCUT2D eigenvalue weighted by Crippen LogP contribution is -2.34. The molecule has 0 aliphatic rings. The van der Waals surface area contributed by atoms with Gasteiger partial charge >= 0.3 is 0 Å². The highest BCUT2D eigenvalue weighted by Gasteiger charge is 2.09. The molecule has 6 heteroatoms. The van der Waals surface area contributed by atoms with Gasteiger partial charge in [-0.1, -0.05) is 0 Å². The molecule has 1 aromatic rings. The smallest absolute Gasteiger partial charge is 0.267 e. The quantitative estimate of drug-likeness (QED) is 0.734. The molecule has 1 unspecified atom stereocenters. The van der Waals surface area contributed by atoms with Crippen molar-refractivity contribution >= 4 is 21.8 Å². The number of hydrogen-bond donors (Lipinski definition) is 3. The molecular weight excluding hydrogens is 264 g/mol. The van der Waals surface area contributed by atoms with Crippen molar-refractivity contribution in [3.05, 3.63) is 22.4 Å². The van der Waals surface area contributed by atoms with Crippen molar-refractivity contribution in [2.75, 3.05) is 20.3 Å². The predicted octanol–water partition coefficient (Wildman–Crippen LogP) is 0.514. The maximum absolute atomic E-state index is 11.5. The molecule has 84 valence electrons. The summed E-state index contributed by atoms with van der Waals surface area (Å²) in [5.41, 5.74) is 0.450. The van der Waals surface area contributed by atoms with Gasteiger partial charge in [-0.3, -0.25) is 4.79 Å². The zero-order valence-corrected chi connectivity index (χ0v) is 9.87. The maximum atomic E-state index is 11.5. The van der Waals surface area contributed by atoms with Gasteiger partial charge in [-0.2, -0.15) is 0 Å². The molecule has 0 aliphatic carbocycles. The Morgan fingerprint density at radius 2 is 2.53 bits per heavy atom. The summed E-state index contributed by atoms with van der Waals surface area (Å²) in [5, 5.41) is 11.9. The van der Waals surface area contributed by atoms with E-state index in [1.54, 1.807) is 12.3 Å². The molecule has 0 fully saturated rings. The topological polar surface area (TPSA) is 74.3 Å². The van der Waals surface area contributed by atoms with E-state index in [0.29, 0.717) is 5.69 Å². The Morgan fingerprint density at radius 3 is 3.07 bits per heavy atom. The van der Waals surface area contributed by atoms with E-state index in [2.05, 4.69) is 26.2 Å². The Balaban J connectivity index is 2.36. The van der Waals surface area contributed by atoms with Crippen LogP contribution in [0.5, 0.6) is 0 Å². The molecule has 1 rings (SSSR count). The van der Waals surface area contributed by atoms with Gasteiger partial charge in [-0.15, -0.1) is 0 Å². The van der Waals surface area contributed by atoms with Crippen molar-refractivity contribution in [3.8, 4) is 0 Å². The molecule has 1 heterocycles. The minimum Gasteiger partial charge on any atom is -0.389 e. The van der Waals surface area contributed by atoms with Crippen molar-refractivity contribution in [2.45, 2.75) is 6.10 Å². The Labute approximate surface area is 96.0 Å². The monoisotopic (exact) mass is 276 g/mol. The minimum absolute atomic E-state index is 0.170. The van der Waals surface area contributed by atoms with Gasteiger partial charge in [0.2, 0.25) is 0 Å². The summed E-state index contributed by atoms with van der Waals surface area (Å²) in [6.07, 6.45) is 0.984. The molecule has 0 saturated carbocycles. The first-order chi connectivity index (χ1) is 7.13. The molecule has 1 atom stereocenters. The number of ether oxygens (including phenoxy) is 1. The van der Waals surface area contributed by atoms with Crippen molar-refractivity contribution < 1.29 is 14.6 Å². The fraction of sp³-hybridized carbons (Fsp3) is 0.444. The molecule has 5 nitrogen and oxygen atoms in total. The van der Waals surface area contributed by atoms with Crippen molar-refractivity contribution in [3.63, 3.8) is 0 Å². The van der Waals surface area contributed by atoms with E-state index in [4.69, 9.17) is 4.74 Å². The molecule has 0 radical (unpaired) electrons. The van der Waals surface area contributed by atoms with E-state index in [1.165, 1.54) is 7.11 Å². The lowest BCUT2D eigenvalue weighted by atomic mass is 10.3. The second kappa shape index (κ2) is 5.89. The van der Waals surface area contributed by atoms with Gasteiger partial charge in [0.1, 0.15) is 5.69 Å². The van der Waals surface area contributed by atoms with Crippen LogP contribution in [0.1, 0.15) is 10.5 Å². The Morgan fingerprint density at radius 1 is 1.80 bits per heavy atom. The predicted molar refractivity (Wildman–Crippen MR) is 58.7 cm³/mol. The second-order valence-electron chi connectivity index (χ2n) is 3.05. The van der Waals surface area contributed by atoms with Crippen LogP contribution in [0.2, 0.25) is 0 Å². The molecular formula is C9H13BrN2O3. The first kappa shape index (κ1) is 12.2. The second-order valence-corrected chi connectivity index (χ2v) is 3.97. The van der Waals surface area contributed by atoms with Gasteiger partial charge in [-0.25, -0.2) is 0 Å². The Bertz CT molecular complexity index is 327. The molecule has 0 bridgehead atoms. The van der Waals surface area contributed by atoms with Crippen molar-refractivity contribution in [1.82, 2.24) is 10.3 Å². The summed E-state index contributed by atoms with van der Waals surface area (Å²) in [6.45, 7) is 0.373. The molecule has 0 aromatic carbocycles. The zero-order valence-electron chi connectivity index (χ0n) is 8.29. The van der Waals surface area contributed by atoms with Crippen LogP contribution < -0.4 is 5.32 Å². The Hall–Kier alpha value is -0.850. The zero-order chi connectivity index (χ0) is 11.3. The van der Waals surface area contributed by atoms with Gasteiger partial charge in [0.25, 0.3) is 5.91 Å². The molecule has 15 heavy (non-hydrogen) atoms. The van der Waals surface area contributed by atoms with Crippen LogP contribution in [0.15, 0.2) is 16.7 Å². The van der Waals surface area contributed by atoms with Crippen LogP contribution in [0.4, 0.5) is 0 Å². The van der Waals surface area contributed by atoms with E-state index < -0.39 is 6.10 Å².